The number of carbonyl (C=O) groups is 3. The molecule has 0 aliphatic carbocycles. The van der Waals surface area contributed by atoms with Gasteiger partial charge in [0.15, 0.2) is 0 Å². The molecule has 0 radical (unpaired) electrons. The topological polar surface area (TPSA) is 363 Å². The summed E-state index contributed by atoms with van der Waals surface area (Å²) in [4.78, 5) is 39.2. The second kappa shape index (κ2) is 22.3. The Morgan fingerprint density at radius 1 is 0.506 bits per heavy atom. The van der Waals surface area contributed by atoms with E-state index in [2.05, 4.69) is 16.0 Å². The van der Waals surface area contributed by atoms with Gasteiger partial charge in [0, 0.05) is 31.3 Å². The van der Waals surface area contributed by atoms with Gasteiger partial charge < -0.3 is 105 Å². The zero-order valence-electron chi connectivity index (χ0n) is 56.3. The third kappa shape index (κ3) is 10.3. The molecule has 0 bridgehead atoms. The first kappa shape index (κ1) is 73.9. The van der Waals surface area contributed by atoms with Crippen LogP contribution in [0.5, 0.6) is 0 Å². The van der Waals surface area contributed by atoms with E-state index in [1.165, 1.54) is 90.0 Å². The molecule has 87 heavy (non-hydrogen) atoms. The molecule has 11 unspecified atom stereocenters. The molecule has 6 fully saturated rings. The quantitative estimate of drug-likeness (QED) is 0.0446. The molecule has 0 aromatic heterocycles. The number of esters is 1. The molecule has 6 aliphatic heterocycles. The predicted octanol–water partition coefficient (Wildman–Crippen LogP) is 2.40. The summed E-state index contributed by atoms with van der Waals surface area (Å²) in [6.07, 6.45) is 1.79. The first-order valence-electron chi connectivity index (χ1n) is 30.6. The van der Waals surface area contributed by atoms with Gasteiger partial charge in [0.2, 0.25) is 11.7 Å². The SMILES string of the molecule is CC(=O)NC1(C)C(C)(COC[C@@]2(C)OC(C)(C)[C@@](C)(COC[C@@]3(C)OC(C)(CO)[C@@](C)(O)C(C)(O)C3(C)COC[C@]3(C)OC(C)(C)[C@@](C)(O)C(C)(O)C3(C)O)C(C)(O)C2(C)O)[C@](C)(O)C(C)(CO)O[C@@]1(C)OC(=O)CCCCC1SC[C@@H]2NC(=O)N[C@H]12. The molecule has 0 saturated carbocycles. The molecule has 0 aromatic rings. The van der Waals surface area contributed by atoms with Crippen molar-refractivity contribution in [1.29, 1.82) is 0 Å². The van der Waals surface area contributed by atoms with Crippen molar-refractivity contribution in [2.75, 3.05) is 58.6 Å². The van der Waals surface area contributed by atoms with Gasteiger partial charge in [0.25, 0.3) is 0 Å². The lowest BCUT2D eigenvalue weighted by atomic mass is 9.52. The molecule has 24 nitrogen and oxygen atoms in total. The third-order valence-corrected chi connectivity index (χ3v) is 26.9. The Kier molecular flexibility index (Phi) is 18.9. The van der Waals surface area contributed by atoms with Crippen LogP contribution in [0.2, 0.25) is 0 Å². The number of urea groups is 1. The summed E-state index contributed by atoms with van der Waals surface area (Å²) in [5.41, 5.74) is -35.4. The highest BCUT2D eigenvalue weighted by molar-refractivity contribution is 8.00. The van der Waals surface area contributed by atoms with Gasteiger partial charge in [-0.15, -0.1) is 0 Å². The van der Waals surface area contributed by atoms with Crippen LogP contribution >= 0.6 is 11.8 Å². The maximum atomic E-state index is 14.0. The summed E-state index contributed by atoms with van der Waals surface area (Å²) in [7, 11) is 0. The minimum atomic E-state index is -2.21. The summed E-state index contributed by atoms with van der Waals surface area (Å²) in [5.74, 6) is -2.51. The maximum Gasteiger partial charge on any atom is 0.315 e. The largest absolute Gasteiger partial charge is 0.431 e. The molecule has 3 amide bonds. The van der Waals surface area contributed by atoms with Gasteiger partial charge >= 0.3 is 12.0 Å². The average molecular weight is 1270 g/mol. The monoisotopic (exact) mass is 1270 g/mol. The number of ether oxygens (including phenoxy) is 8. The Morgan fingerprint density at radius 3 is 1.45 bits per heavy atom. The summed E-state index contributed by atoms with van der Waals surface area (Å²) in [5, 5.41) is 130. The number of thioether (sulfide) groups is 1. The molecule has 21 atom stereocenters. The van der Waals surface area contributed by atoms with Crippen molar-refractivity contribution in [1.82, 2.24) is 16.0 Å². The van der Waals surface area contributed by atoms with E-state index in [0.717, 1.165) is 12.2 Å². The number of amides is 3. The molecule has 0 spiro atoms. The highest BCUT2D eigenvalue weighted by Gasteiger charge is 2.79. The number of carbonyl (C=O) groups excluding carboxylic acids is 3. The van der Waals surface area contributed by atoms with E-state index in [0.29, 0.717) is 12.8 Å². The Hall–Kier alpha value is -2.12. The Bertz CT molecular complexity index is 2600. The van der Waals surface area contributed by atoms with Crippen LogP contribution in [-0.2, 0) is 47.5 Å². The van der Waals surface area contributed by atoms with Gasteiger partial charge in [-0.3, -0.25) is 9.59 Å². The zero-order valence-corrected chi connectivity index (χ0v) is 57.1. The number of aliphatic hydroxyl groups is 10. The molecule has 13 N–H and O–H groups in total. The van der Waals surface area contributed by atoms with Crippen LogP contribution in [0.1, 0.15) is 185 Å². The number of unbranched alkanes of at least 4 members (excludes halogenated alkanes) is 1. The first-order valence-corrected chi connectivity index (χ1v) is 31.6. The third-order valence-electron chi connectivity index (χ3n) is 25.3. The van der Waals surface area contributed by atoms with Gasteiger partial charge in [0.05, 0.1) is 92.4 Å². The molecule has 6 rings (SSSR count). The van der Waals surface area contributed by atoms with Crippen molar-refractivity contribution >= 4 is 29.7 Å². The summed E-state index contributed by atoms with van der Waals surface area (Å²) in [6, 6.07) is -0.135. The van der Waals surface area contributed by atoms with Crippen LogP contribution < -0.4 is 16.0 Å². The number of fused-ring (bicyclic) bond motifs is 1. The van der Waals surface area contributed by atoms with Gasteiger partial charge in [-0.25, -0.2) is 4.79 Å². The average Bonchev–Trinajstić information content (AvgIpc) is 0.912. The molecule has 6 heterocycles. The first-order chi connectivity index (χ1) is 38.8. The van der Waals surface area contributed by atoms with Crippen molar-refractivity contribution in [2.24, 2.45) is 16.2 Å². The van der Waals surface area contributed by atoms with E-state index in [1.807, 2.05) is 0 Å². The van der Waals surface area contributed by atoms with Crippen LogP contribution in [0.25, 0.3) is 0 Å². The number of hydrogen-bond acceptors (Lipinski definition) is 22. The fourth-order valence-electron chi connectivity index (χ4n) is 15.6. The maximum absolute atomic E-state index is 14.0. The number of rotatable bonds is 21. The molecule has 6 aliphatic rings. The van der Waals surface area contributed by atoms with Crippen LogP contribution in [0.4, 0.5) is 4.79 Å². The number of hydrogen-bond donors (Lipinski definition) is 13. The second-order valence-electron chi connectivity index (χ2n) is 31.0. The number of nitrogens with one attached hydrogen (secondary N) is 3. The van der Waals surface area contributed by atoms with Gasteiger partial charge in [-0.1, -0.05) is 27.2 Å². The second-order valence-corrected chi connectivity index (χ2v) is 32.3. The standard InChI is InChI=1S/C62H111N3O21S/c1-37(68)65-53(14)47(8,55(16,72)48(9,29-66)86-62(53,23)82-40(69)27-25-24-26-39-41-38(28-87-39)63-42(70)64-41)33-81-35-51(12)59(20,76)56(17,73)45(6,43(2,3)83-51)31-79-34-50(11)46(7,57(18,74)58(19,75)49(10,30-67)85-50)32-80-36-52(13)60(21,77)61(22,78)54(15,71)44(4,5)84-52/h38-39,41,66-67,71-78H,24-36H2,1-23H3,(H,65,68)(H2,63,64,70)/t38-,39?,41-,45+,46?,47?,48?,49?,50+,51+,52-,53?,54+,55-,56?,57?,58+,59?,60?,61?,62+/m0/s1. The van der Waals surface area contributed by atoms with Gasteiger partial charge in [-0.2, -0.15) is 11.8 Å². The van der Waals surface area contributed by atoms with E-state index < -0.39 is 170 Å². The fourth-order valence-corrected chi connectivity index (χ4v) is 17.2. The highest BCUT2D eigenvalue weighted by atomic mass is 32.2. The Labute approximate surface area is 519 Å². The van der Waals surface area contributed by atoms with Crippen molar-refractivity contribution in [2.45, 2.75) is 298 Å². The van der Waals surface area contributed by atoms with Crippen LogP contribution in [-0.4, -0.2) is 240 Å². The Morgan fingerprint density at radius 2 is 0.943 bits per heavy atom. The van der Waals surface area contributed by atoms with Crippen LogP contribution in [0.3, 0.4) is 0 Å². The summed E-state index contributed by atoms with van der Waals surface area (Å²) >= 11 is 1.76. The van der Waals surface area contributed by atoms with E-state index in [-0.39, 0.29) is 36.4 Å². The fraction of sp³-hybridized carbons (Fsp3) is 0.952. The molecular formula is C62H111N3O21S. The smallest absolute Gasteiger partial charge is 0.315 e. The van der Waals surface area contributed by atoms with E-state index in [9.17, 15) is 65.4 Å². The highest BCUT2D eigenvalue weighted by Crippen LogP contribution is 2.63. The van der Waals surface area contributed by atoms with E-state index in [1.54, 1.807) is 81.0 Å². The Balaban J connectivity index is 1.24. The molecule has 506 valence electrons. The summed E-state index contributed by atoms with van der Waals surface area (Å²) < 4.78 is 52.6. The molecule has 25 heteroatoms. The lowest BCUT2D eigenvalue weighted by Crippen LogP contribution is -2.86. The molecular weight excluding hydrogens is 1150 g/mol. The number of aliphatic hydroxyl groups excluding tert-OH is 2. The van der Waals surface area contributed by atoms with Crippen molar-refractivity contribution in [3.63, 3.8) is 0 Å². The van der Waals surface area contributed by atoms with Crippen LogP contribution in [0.15, 0.2) is 0 Å². The minimum absolute atomic E-state index is 0.0000401. The normalized spacial score (nSPS) is 52.0. The van der Waals surface area contributed by atoms with Crippen LogP contribution in [0, 0.1) is 16.2 Å². The van der Waals surface area contributed by atoms with Gasteiger partial charge in [-0.05, 0) is 137 Å². The zero-order chi connectivity index (χ0) is 67.1. The van der Waals surface area contributed by atoms with Crippen molar-refractivity contribution < 1.29 is 103 Å². The van der Waals surface area contributed by atoms with E-state index in [4.69, 9.17) is 37.9 Å². The van der Waals surface area contributed by atoms with Crippen molar-refractivity contribution in [3.05, 3.63) is 0 Å². The lowest BCUT2D eigenvalue weighted by Gasteiger charge is -2.69. The molecule has 6 saturated heterocycles. The predicted molar refractivity (Wildman–Crippen MR) is 321 cm³/mol. The summed E-state index contributed by atoms with van der Waals surface area (Å²) in [6.45, 7) is 30.3. The van der Waals surface area contributed by atoms with Crippen molar-refractivity contribution in [3.8, 4) is 0 Å². The minimum Gasteiger partial charge on any atom is -0.431 e. The van der Waals surface area contributed by atoms with E-state index >= 15 is 0 Å². The molecule has 0 aromatic carbocycles. The van der Waals surface area contributed by atoms with Gasteiger partial charge in [0.1, 0.15) is 78.4 Å². The lowest BCUT2D eigenvalue weighted by molar-refractivity contribution is -0.417.